The lowest BCUT2D eigenvalue weighted by Gasteiger charge is -2.31. The first-order valence-corrected chi connectivity index (χ1v) is 9.69. The van der Waals surface area contributed by atoms with Crippen molar-refractivity contribution in [3.8, 4) is 17.6 Å². The molecule has 1 aliphatic heterocycles. The van der Waals surface area contributed by atoms with E-state index < -0.39 is 18.1 Å². The van der Waals surface area contributed by atoms with Crippen molar-refractivity contribution >= 4 is 11.5 Å². The number of hydrogen-bond donors (Lipinski definition) is 0. The molecule has 0 spiro atoms. The van der Waals surface area contributed by atoms with Crippen molar-refractivity contribution in [1.29, 1.82) is 5.26 Å². The fourth-order valence-corrected chi connectivity index (χ4v) is 3.66. The highest BCUT2D eigenvalue weighted by atomic mass is 19.4. The monoisotopic (exact) mass is 414 g/mol. The number of benzene rings is 2. The quantitative estimate of drug-likeness (QED) is 0.540. The first kappa shape index (κ1) is 21.4. The van der Waals surface area contributed by atoms with Gasteiger partial charge < -0.3 is 9.64 Å². The van der Waals surface area contributed by atoms with E-state index in [1.54, 1.807) is 38.1 Å². The smallest absolute Gasteiger partial charge is 0.456 e. The van der Waals surface area contributed by atoms with Gasteiger partial charge in [0.15, 0.2) is 0 Å². The highest BCUT2D eigenvalue weighted by Gasteiger charge is 2.43. The number of amides is 1. The highest BCUT2D eigenvalue weighted by molar-refractivity contribution is 5.88. The van der Waals surface area contributed by atoms with Gasteiger partial charge in [-0.3, -0.25) is 4.79 Å². The van der Waals surface area contributed by atoms with Crippen molar-refractivity contribution in [2.24, 2.45) is 0 Å². The van der Waals surface area contributed by atoms with Crippen LogP contribution in [0, 0.1) is 11.3 Å². The molecule has 1 atom stereocenters. The minimum absolute atomic E-state index is 0.0260. The van der Waals surface area contributed by atoms with Crippen LogP contribution in [-0.2, 0) is 4.79 Å². The normalized spacial score (nSPS) is 14.9. The predicted octanol–water partition coefficient (Wildman–Crippen LogP) is 5.68. The number of para-hydroxylation sites is 1. The Balaban J connectivity index is 2.00. The Bertz CT molecular complexity index is 1020. The van der Waals surface area contributed by atoms with Gasteiger partial charge in [0.25, 0.3) is 0 Å². The lowest BCUT2D eigenvalue weighted by atomic mass is 9.91. The third kappa shape index (κ3) is 4.18. The molecule has 2 aromatic carbocycles. The number of carbonyl (C=O) groups excluding carboxylic acids is 1. The minimum atomic E-state index is -4.90. The van der Waals surface area contributed by atoms with Gasteiger partial charge in [0.1, 0.15) is 11.5 Å². The predicted molar refractivity (Wildman–Crippen MR) is 107 cm³/mol. The van der Waals surface area contributed by atoms with E-state index >= 15 is 0 Å². The number of nitrogens with zero attached hydrogens (tertiary/aromatic N) is 2. The molecular weight excluding hydrogens is 393 g/mol. The first-order chi connectivity index (χ1) is 14.3. The Hall–Kier alpha value is -3.27. The third-order valence-electron chi connectivity index (χ3n) is 5.15. The van der Waals surface area contributed by atoms with E-state index in [4.69, 9.17) is 10.00 Å². The average Bonchev–Trinajstić information content (AvgIpc) is 2.74. The molecule has 0 bridgehead atoms. The van der Waals surface area contributed by atoms with Gasteiger partial charge in [-0.05, 0) is 49.6 Å². The Morgan fingerprint density at radius 3 is 2.50 bits per heavy atom. The van der Waals surface area contributed by atoms with Gasteiger partial charge in [0, 0.05) is 23.7 Å². The molecule has 30 heavy (non-hydrogen) atoms. The molecule has 0 saturated heterocycles. The molecule has 0 N–H and O–H groups in total. The lowest BCUT2D eigenvalue weighted by molar-refractivity contribution is -0.187. The Morgan fingerprint density at radius 2 is 1.87 bits per heavy atom. The maximum atomic E-state index is 13.0. The molecule has 7 heteroatoms. The van der Waals surface area contributed by atoms with Crippen molar-refractivity contribution in [3.05, 3.63) is 65.2 Å². The van der Waals surface area contributed by atoms with Gasteiger partial charge >= 0.3 is 12.1 Å². The number of alkyl halides is 3. The number of fused-ring (bicyclic) bond motifs is 2. The molecule has 1 amide bonds. The SMILES string of the molecule is CCC(C/C=C1/c2ccccc2Oc2cc(C#N)ccc21)N(CC)C(=O)C(F)(F)F. The zero-order valence-corrected chi connectivity index (χ0v) is 16.7. The summed E-state index contributed by atoms with van der Waals surface area (Å²) >= 11 is 0. The molecular formula is C23H21F3N2O2. The number of rotatable bonds is 5. The van der Waals surface area contributed by atoms with Crippen LogP contribution in [0.3, 0.4) is 0 Å². The standard InChI is InChI=1S/C23H21F3N2O2/c1-3-16(28(4-2)22(29)23(24,25)26)10-12-17-18-7-5-6-8-20(18)30-21-13-15(14-27)9-11-19(17)21/h5-9,11-13,16H,3-4,10H2,1-2H3/b17-12-. The third-order valence-corrected chi connectivity index (χ3v) is 5.15. The van der Waals surface area contributed by atoms with Gasteiger partial charge in [-0.15, -0.1) is 0 Å². The maximum Gasteiger partial charge on any atom is 0.471 e. The molecule has 3 rings (SSSR count). The van der Waals surface area contributed by atoms with Crippen LogP contribution in [0.15, 0.2) is 48.5 Å². The minimum Gasteiger partial charge on any atom is -0.456 e. The number of carbonyl (C=O) groups is 1. The van der Waals surface area contributed by atoms with Gasteiger partial charge in [-0.25, -0.2) is 0 Å². The fourth-order valence-electron chi connectivity index (χ4n) is 3.66. The van der Waals surface area contributed by atoms with Crippen molar-refractivity contribution in [2.45, 2.75) is 38.9 Å². The van der Waals surface area contributed by atoms with Gasteiger partial charge in [-0.2, -0.15) is 18.4 Å². The molecule has 4 nitrogen and oxygen atoms in total. The number of nitriles is 1. The topological polar surface area (TPSA) is 53.3 Å². The largest absolute Gasteiger partial charge is 0.471 e. The summed E-state index contributed by atoms with van der Waals surface area (Å²) in [4.78, 5) is 12.7. The van der Waals surface area contributed by atoms with Crippen molar-refractivity contribution in [1.82, 2.24) is 4.90 Å². The van der Waals surface area contributed by atoms with Crippen LogP contribution in [0.4, 0.5) is 13.2 Å². The highest BCUT2D eigenvalue weighted by Crippen LogP contribution is 2.44. The molecule has 1 unspecified atom stereocenters. The van der Waals surface area contributed by atoms with Crippen molar-refractivity contribution < 1.29 is 22.7 Å². The van der Waals surface area contributed by atoms with Crippen LogP contribution in [0.2, 0.25) is 0 Å². The summed E-state index contributed by atoms with van der Waals surface area (Å²) in [5, 5.41) is 9.16. The van der Waals surface area contributed by atoms with Gasteiger partial charge in [-0.1, -0.05) is 31.2 Å². The Morgan fingerprint density at radius 1 is 1.17 bits per heavy atom. The van der Waals surface area contributed by atoms with Crippen LogP contribution in [-0.4, -0.2) is 29.6 Å². The van der Waals surface area contributed by atoms with E-state index in [-0.39, 0.29) is 13.0 Å². The molecule has 0 saturated carbocycles. The molecule has 0 aliphatic carbocycles. The molecule has 0 radical (unpaired) electrons. The molecule has 0 aromatic heterocycles. The second-order valence-corrected chi connectivity index (χ2v) is 6.93. The van der Waals surface area contributed by atoms with E-state index in [1.165, 1.54) is 0 Å². The summed E-state index contributed by atoms with van der Waals surface area (Å²) in [6.45, 7) is 3.28. The van der Waals surface area contributed by atoms with Crippen LogP contribution >= 0.6 is 0 Å². The van der Waals surface area contributed by atoms with Crippen LogP contribution in [0.5, 0.6) is 11.5 Å². The van der Waals surface area contributed by atoms with Crippen LogP contribution < -0.4 is 4.74 Å². The molecule has 1 aliphatic rings. The summed E-state index contributed by atoms with van der Waals surface area (Å²) in [6, 6.07) is 13.9. The lowest BCUT2D eigenvalue weighted by Crippen LogP contribution is -2.46. The molecule has 0 fully saturated rings. The summed E-state index contributed by atoms with van der Waals surface area (Å²) < 4.78 is 44.9. The molecule has 2 aromatic rings. The summed E-state index contributed by atoms with van der Waals surface area (Å²) in [5.41, 5.74) is 2.83. The fraction of sp³-hybridized carbons (Fsp3) is 0.304. The average molecular weight is 414 g/mol. The maximum absolute atomic E-state index is 13.0. The summed E-state index contributed by atoms with van der Waals surface area (Å²) in [7, 11) is 0. The van der Waals surface area contributed by atoms with Gasteiger partial charge in [0.05, 0.1) is 11.6 Å². The Labute approximate surface area is 173 Å². The van der Waals surface area contributed by atoms with Crippen molar-refractivity contribution in [2.75, 3.05) is 6.54 Å². The second kappa shape index (κ2) is 8.62. The number of ether oxygens (including phenoxy) is 1. The van der Waals surface area contributed by atoms with E-state index in [0.717, 1.165) is 21.6 Å². The van der Waals surface area contributed by atoms with E-state index in [1.807, 2.05) is 24.3 Å². The zero-order valence-electron chi connectivity index (χ0n) is 16.7. The van der Waals surface area contributed by atoms with E-state index in [2.05, 4.69) is 6.07 Å². The van der Waals surface area contributed by atoms with Gasteiger partial charge in [0.2, 0.25) is 0 Å². The van der Waals surface area contributed by atoms with Crippen LogP contribution in [0.25, 0.3) is 5.57 Å². The summed E-state index contributed by atoms with van der Waals surface area (Å²) in [6.07, 6.45) is -2.40. The molecule has 156 valence electrons. The van der Waals surface area contributed by atoms with E-state index in [0.29, 0.717) is 23.5 Å². The Kier molecular flexibility index (Phi) is 6.16. The number of hydrogen-bond acceptors (Lipinski definition) is 3. The van der Waals surface area contributed by atoms with E-state index in [9.17, 15) is 18.0 Å². The molecule has 1 heterocycles. The summed E-state index contributed by atoms with van der Waals surface area (Å²) in [5.74, 6) is -0.689. The second-order valence-electron chi connectivity index (χ2n) is 6.93. The zero-order chi connectivity index (χ0) is 21.9. The first-order valence-electron chi connectivity index (χ1n) is 9.69. The number of halogens is 3. The van der Waals surface area contributed by atoms with Crippen molar-refractivity contribution in [3.63, 3.8) is 0 Å². The van der Waals surface area contributed by atoms with Crippen LogP contribution in [0.1, 0.15) is 43.4 Å².